The number of benzene rings is 1. The maximum Gasteiger partial charge on any atom is 0.408 e. The van der Waals surface area contributed by atoms with Gasteiger partial charge in [-0.05, 0) is 72.1 Å². The van der Waals surface area contributed by atoms with Crippen LogP contribution in [-0.4, -0.2) is 46.5 Å². The molecule has 0 aromatic heterocycles. The van der Waals surface area contributed by atoms with Crippen molar-refractivity contribution in [1.82, 2.24) is 15.5 Å². The fourth-order valence-electron chi connectivity index (χ4n) is 3.81. The quantitative estimate of drug-likeness (QED) is 0.344. The number of alkyl carbamates (subject to hydrolysis) is 1. The second-order valence-corrected chi connectivity index (χ2v) is 11.3. The van der Waals surface area contributed by atoms with Crippen LogP contribution in [0.5, 0.6) is 0 Å². The van der Waals surface area contributed by atoms with E-state index in [9.17, 15) is 14.4 Å². The van der Waals surface area contributed by atoms with Gasteiger partial charge in [0.2, 0.25) is 11.8 Å². The number of amides is 3. The monoisotopic (exact) mass is 501 g/mol. The van der Waals surface area contributed by atoms with Crippen LogP contribution in [0.15, 0.2) is 30.8 Å². The summed E-state index contributed by atoms with van der Waals surface area (Å²) in [6, 6.07) is 5.76. The lowest BCUT2D eigenvalue weighted by atomic mass is 9.98. The van der Waals surface area contributed by atoms with Crippen LogP contribution in [0, 0.1) is 0 Å². The molecule has 202 valence electrons. The molecule has 36 heavy (non-hydrogen) atoms. The van der Waals surface area contributed by atoms with Gasteiger partial charge in [0, 0.05) is 12.1 Å². The van der Waals surface area contributed by atoms with Gasteiger partial charge in [0.05, 0.1) is 0 Å². The first-order chi connectivity index (χ1) is 16.7. The van der Waals surface area contributed by atoms with Crippen molar-refractivity contribution in [2.24, 2.45) is 0 Å². The molecule has 2 atom stereocenters. The Morgan fingerprint density at radius 2 is 1.69 bits per heavy atom. The van der Waals surface area contributed by atoms with Crippen molar-refractivity contribution in [3.05, 3.63) is 42.0 Å². The second-order valence-electron chi connectivity index (χ2n) is 11.3. The van der Waals surface area contributed by atoms with Crippen molar-refractivity contribution < 1.29 is 19.1 Å². The van der Waals surface area contributed by atoms with E-state index in [-0.39, 0.29) is 11.8 Å². The average Bonchev–Trinajstić information content (AvgIpc) is 2.75. The molecule has 7 nitrogen and oxygen atoms in total. The van der Waals surface area contributed by atoms with Crippen LogP contribution in [0.25, 0.3) is 6.08 Å². The molecule has 0 heterocycles. The highest BCUT2D eigenvalue weighted by Gasteiger charge is 2.35. The van der Waals surface area contributed by atoms with E-state index in [4.69, 9.17) is 4.74 Å². The van der Waals surface area contributed by atoms with Crippen LogP contribution >= 0.6 is 0 Å². The van der Waals surface area contributed by atoms with Gasteiger partial charge in [-0.15, -0.1) is 0 Å². The van der Waals surface area contributed by atoms with Crippen molar-refractivity contribution >= 4 is 24.0 Å². The van der Waals surface area contributed by atoms with Crippen molar-refractivity contribution in [3.8, 4) is 0 Å². The summed E-state index contributed by atoms with van der Waals surface area (Å²) in [5, 5.41) is 5.68. The maximum absolute atomic E-state index is 13.8. The van der Waals surface area contributed by atoms with Crippen molar-refractivity contribution in [2.45, 2.75) is 111 Å². The topological polar surface area (TPSA) is 87.7 Å². The van der Waals surface area contributed by atoms with Gasteiger partial charge in [0.15, 0.2) is 0 Å². The van der Waals surface area contributed by atoms with Gasteiger partial charge in [-0.3, -0.25) is 9.59 Å². The molecule has 1 rings (SSSR count). The van der Waals surface area contributed by atoms with Crippen molar-refractivity contribution in [2.75, 3.05) is 6.54 Å². The summed E-state index contributed by atoms with van der Waals surface area (Å²) in [5.74, 6) is -0.607. The summed E-state index contributed by atoms with van der Waals surface area (Å²) in [5.41, 5.74) is 0.380. The van der Waals surface area contributed by atoms with Crippen LogP contribution in [0.4, 0.5) is 4.79 Å². The number of ether oxygens (including phenoxy) is 1. The third-order valence-corrected chi connectivity index (χ3v) is 5.41. The Hall–Kier alpha value is -2.83. The van der Waals surface area contributed by atoms with Crippen LogP contribution in [0.1, 0.15) is 105 Å². The Balaban J connectivity index is 3.37. The van der Waals surface area contributed by atoms with Gasteiger partial charge < -0.3 is 20.3 Å². The van der Waals surface area contributed by atoms with E-state index >= 15 is 0 Å². The number of unbranched alkanes of at least 4 members (excludes halogenated alkanes) is 4. The number of carbonyl (C=O) groups is 3. The molecule has 1 aromatic rings. The van der Waals surface area contributed by atoms with Crippen LogP contribution < -0.4 is 10.6 Å². The highest BCUT2D eigenvalue weighted by Crippen LogP contribution is 2.26. The zero-order valence-electron chi connectivity index (χ0n) is 23.6. The van der Waals surface area contributed by atoms with Gasteiger partial charge in [-0.1, -0.05) is 63.5 Å². The predicted molar refractivity (Wildman–Crippen MR) is 146 cm³/mol. The Kier molecular flexibility index (Phi) is 12.2. The number of nitrogens with one attached hydrogen (secondary N) is 2. The van der Waals surface area contributed by atoms with Crippen molar-refractivity contribution in [3.63, 3.8) is 0 Å². The zero-order chi connectivity index (χ0) is 27.5. The van der Waals surface area contributed by atoms with E-state index in [1.807, 2.05) is 45.0 Å². The SMILES string of the molecule is C=Cc1cccc(C(C(=O)NC(C)(C)C)N(CCCCCCC)C(=O)C(C)NC(=O)OC(C)(C)C)c1. The lowest BCUT2D eigenvalue weighted by molar-refractivity contribution is -0.142. The largest absolute Gasteiger partial charge is 0.444 e. The molecule has 7 heteroatoms. The fourth-order valence-corrected chi connectivity index (χ4v) is 3.81. The Labute approximate surface area is 218 Å². The molecule has 0 spiro atoms. The molecule has 0 aliphatic heterocycles. The van der Waals surface area contributed by atoms with Crippen LogP contribution in [0.2, 0.25) is 0 Å². The van der Waals surface area contributed by atoms with E-state index < -0.39 is 29.3 Å². The van der Waals surface area contributed by atoms with Gasteiger partial charge in [-0.25, -0.2) is 4.79 Å². The molecule has 2 N–H and O–H groups in total. The first-order valence-corrected chi connectivity index (χ1v) is 13.0. The van der Waals surface area contributed by atoms with E-state index in [1.54, 1.807) is 38.7 Å². The molecule has 0 aliphatic carbocycles. The van der Waals surface area contributed by atoms with E-state index in [2.05, 4.69) is 24.1 Å². The molecule has 0 radical (unpaired) electrons. The highest BCUT2D eigenvalue weighted by atomic mass is 16.6. The molecule has 3 amide bonds. The minimum Gasteiger partial charge on any atom is -0.444 e. The second kappa shape index (κ2) is 14.0. The lowest BCUT2D eigenvalue weighted by Crippen LogP contribution is -2.54. The summed E-state index contributed by atoms with van der Waals surface area (Å²) < 4.78 is 5.34. The minimum atomic E-state index is -0.872. The molecule has 0 saturated heterocycles. The standard InChI is InChI=1S/C29H47N3O4/c1-10-12-13-14-15-19-32(26(34)21(3)30-27(35)36-29(7,8)9)24(25(33)31-28(4,5)6)23-18-16-17-22(11-2)20-23/h11,16-18,20-21,24H,2,10,12-15,19H2,1,3-9H3,(H,30,35)(H,31,33). The molecule has 2 unspecified atom stereocenters. The number of rotatable bonds is 12. The summed E-state index contributed by atoms with van der Waals surface area (Å²) in [7, 11) is 0. The lowest BCUT2D eigenvalue weighted by Gasteiger charge is -2.35. The molecule has 1 aromatic carbocycles. The molecule has 0 bridgehead atoms. The van der Waals surface area contributed by atoms with E-state index in [0.717, 1.165) is 37.7 Å². The highest BCUT2D eigenvalue weighted by molar-refractivity contribution is 5.92. The van der Waals surface area contributed by atoms with Gasteiger partial charge in [-0.2, -0.15) is 0 Å². The summed E-state index contributed by atoms with van der Waals surface area (Å²) >= 11 is 0. The number of hydrogen-bond acceptors (Lipinski definition) is 4. The third kappa shape index (κ3) is 11.3. The third-order valence-electron chi connectivity index (χ3n) is 5.41. The molecule has 0 aliphatic rings. The zero-order valence-corrected chi connectivity index (χ0v) is 23.6. The summed E-state index contributed by atoms with van der Waals surface area (Å²) in [6.07, 6.45) is 6.05. The van der Waals surface area contributed by atoms with Crippen LogP contribution in [-0.2, 0) is 14.3 Å². The Bertz CT molecular complexity index is 883. The fraction of sp³-hybridized carbons (Fsp3) is 0.621. The minimum absolute atomic E-state index is 0.268. The normalized spacial score (nSPS) is 13.3. The van der Waals surface area contributed by atoms with Crippen molar-refractivity contribution in [1.29, 1.82) is 0 Å². The van der Waals surface area contributed by atoms with Gasteiger partial charge in [0.1, 0.15) is 17.7 Å². The number of hydrogen-bond donors (Lipinski definition) is 2. The number of carbonyl (C=O) groups excluding carboxylic acids is 3. The van der Waals surface area contributed by atoms with Gasteiger partial charge >= 0.3 is 6.09 Å². The predicted octanol–water partition coefficient (Wildman–Crippen LogP) is 6.00. The molecular formula is C29H47N3O4. The van der Waals surface area contributed by atoms with Gasteiger partial charge in [0.25, 0.3) is 0 Å². The van der Waals surface area contributed by atoms with E-state index in [1.165, 1.54) is 0 Å². The Morgan fingerprint density at radius 3 is 2.25 bits per heavy atom. The van der Waals surface area contributed by atoms with Crippen LogP contribution in [0.3, 0.4) is 0 Å². The van der Waals surface area contributed by atoms with E-state index in [0.29, 0.717) is 12.1 Å². The molecule has 0 saturated carbocycles. The first kappa shape index (κ1) is 31.2. The molecular weight excluding hydrogens is 454 g/mol. The first-order valence-electron chi connectivity index (χ1n) is 13.0. The smallest absolute Gasteiger partial charge is 0.408 e. The summed E-state index contributed by atoms with van der Waals surface area (Å²) in [4.78, 5) is 41.4. The summed E-state index contributed by atoms with van der Waals surface area (Å²) in [6.45, 7) is 19.0. The molecule has 0 fully saturated rings. The maximum atomic E-state index is 13.8. The average molecular weight is 502 g/mol. The Morgan fingerprint density at radius 1 is 1.06 bits per heavy atom. The number of nitrogens with zero attached hydrogens (tertiary/aromatic N) is 1.